The van der Waals surface area contributed by atoms with Gasteiger partial charge >= 0.3 is 6.18 Å². The van der Waals surface area contributed by atoms with Crippen LogP contribution in [-0.4, -0.2) is 77.9 Å². The summed E-state index contributed by atoms with van der Waals surface area (Å²) >= 11 is 0. The molecule has 1 aliphatic rings. The summed E-state index contributed by atoms with van der Waals surface area (Å²) in [6, 6.07) is 3.03. The van der Waals surface area contributed by atoms with Crippen molar-refractivity contribution in [3.63, 3.8) is 0 Å². The minimum absolute atomic E-state index is 0.131. The lowest BCUT2D eigenvalue weighted by molar-refractivity contribution is -0.133. The van der Waals surface area contributed by atoms with E-state index in [-0.39, 0.29) is 5.69 Å². The molecular weight excluding hydrogens is 531 g/mol. The maximum Gasteiger partial charge on any atom is 0.390 e. The van der Waals surface area contributed by atoms with Crippen LogP contribution in [0.2, 0.25) is 25.7 Å². The van der Waals surface area contributed by atoms with E-state index in [9.17, 15) is 18.0 Å². The SMILES string of the molecule is COCCn1nc(C(=O)NCCC(F)(F)F)c2c1CCN(c1ncnc3c1ccn3COCC[Si](C)(C)C)C2. The number of aromatic nitrogens is 5. The Balaban J connectivity index is 1.54. The van der Waals surface area contributed by atoms with E-state index in [1.165, 1.54) is 6.33 Å². The van der Waals surface area contributed by atoms with E-state index in [4.69, 9.17) is 9.47 Å². The quantitative estimate of drug-likeness (QED) is 0.262. The first-order chi connectivity index (χ1) is 18.5. The van der Waals surface area contributed by atoms with Gasteiger partial charge in [0.1, 0.15) is 24.5 Å². The summed E-state index contributed by atoms with van der Waals surface area (Å²) in [7, 11) is 0.388. The van der Waals surface area contributed by atoms with Gasteiger partial charge in [0.25, 0.3) is 5.91 Å². The van der Waals surface area contributed by atoms with Crippen molar-refractivity contribution in [2.45, 2.75) is 64.5 Å². The second kappa shape index (κ2) is 12.0. The summed E-state index contributed by atoms with van der Waals surface area (Å²) in [4.78, 5) is 24.0. The second-order valence-electron chi connectivity index (χ2n) is 10.9. The highest BCUT2D eigenvalue weighted by molar-refractivity contribution is 6.76. The highest BCUT2D eigenvalue weighted by Gasteiger charge is 2.31. The summed E-state index contributed by atoms with van der Waals surface area (Å²) in [6.45, 7) is 9.31. The van der Waals surface area contributed by atoms with Gasteiger partial charge in [0.15, 0.2) is 5.69 Å². The van der Waals surface area contributed by atoms with E-state index >= 15 is 0 Å². The number of hydrogen-bond acceptors (Lipinski definition) is 7. The van der Waals surface area contributed by atoms with Crippen LogP contribution in [0.3, 0.4) is 0 Å². The van der Waals surface area contributed by atoms with Gasteiger partial charge in [-0.2, -0.15) is 18.3 Å². The minimum Gasteiger partial charge on any atom is -0.383 e. The van der Waals surface area contributed by atoms with Gasteiger partial charge in [0.2, 0.25) is 0 Å². The first-order valence-electron chi connectivity index (χ1n) is 13.0. The van der Waals surface area contributed by atoms with Crippen LogP contribution in [-0.2, 0) is 35.7 Å². The van der Waals surface area contributed by atoms with Crippen LogP contribution in [0.25, 0.3) is 11.0 Å². The van der Waals surface area contributed by atoms with Crippen LogP contribution < -0.4 is 10.2 Å². The molecule has 4 heterocycles. The molecule has 1 N–H and O–H groups in total. The summed E-state index contributed by atoms with van der Waals surface area (Å²) in [5, 5.41) is 7.69. The standard InChI is InChI=1S/C25H36F3N7O3Si/c1-37-12-11-35-20-6-10-33(15-19(20)21(32-35)24(36)29-8-7-25(26,27)28)22-18-5-9-34(23(18)31-16-30-22)17-38-13-14-39(2,3)4/h5,9,16H,6-8,10-15,17H2,1-4H3,(H,29,36). The largest absolute Gasteiger partial charge is 0.390 e. The fourth-order valence-electron chi connectivity index (χ4n) is 4.51. The van der Waals surface area contributed by atoms with Crippen molar-refractivity contribution in [3.05, 3.63) is 35.5 Å². The van der Waals surface area contributed by atoms with Crippen molar-refractivity contribution >= 4 is 30.8 Å². The minimum atomic E-state index is -4.35. The summed E-state index contributed by atoms with van der Waals surface area (Å²) in [5.41, 5.74) is 2.44. The van der Waals surface area contributed by atoms with E-state index in [1.807, 2.05) is 16.8 Å². The number of alkyl halides is 3. The van der Waals surface area contributed by atoms with Crippen LogP contribution in [0, 0.1) is 0 Å². The van der Waals surface area contributed by atoms with E-state index in [0.717, 1.165) is 28.6 Å². The number of rotatable bonds is 12. The van der Waals surface area contributed by atoms with E-state index < -0.39 is 33.1 Å². The van der Waals surface area contributed by atoms with Gasteiger partial charge in [-0.15, -0.1) is 0 Å². The number of nitrogens with zero attached hydrogens (tertiary/aromatic N) is 6. The van der Waals surface area contributed by atoms with E-state index in [0.29, 0.717) is 51.6 Å². The van der Waals surface area contributed by atoms with Crippen molar-refractivity contribution < 1.29 is 27.4 Å². The average molecular weight is 568 g/mol. The smallest absolute Gasteiger partial charge is 0.383 e. The van der Waals surface area contributed by atoms with Gasteiger partial charge in [-0.3, -0.25) is 9.48 Å². The molecule has 0 saturated heterocycles. The monoisotopic (exact) mass is 567 g/mol. The summed E-state index contributed by atoms with van der Waals surface area (Å²) in [6.07, 6.45) is -1.42. The molecule has 39 heavy (non-hydrogen) atoms. The second-order valence-corrected chi connectivity index (χ2v) is 16.5. The highest BCUT2D eigenvalue weighted by Crippen LogP contribution is 2.30. The molecule has 0 atom stereocenters. The number of fused-ring (bicyclic) bond motifs is 2. The molecule has 0 aromatic carbocycles. The number of ether oxygens (including phenoxy) is 2. The van der Waals surface area contributed by atoms with Crippen LogP contribution in [0.1, 0.15) is 28.2 Å². The highest BCUT2D eigenvalue weighted by atomic mass is 28.3. The Morgan fingerprint density at radius 1 is 1.21 bits per heavy atom. The zero-order valence-electron chi connectivity index (χ0n) is 22.8. The third-order valence-corrected chi connectivity index (χ3v) is 8.32. The molecule has 0 bridgehead atoms. The Morgan fingerprint density at radius 3 is 2.72 bits per heavy atom. The lowest BCUT2D eigenvalue weighted by Gasteiger charge is -2.29. The lowest BCUT2D eigenvalue weighted by Crippen LogP contribution is -2.34. The normalized spacial score (nSPS) is 14.2. The van der Waals surface area contributed by atoms with Gasteiger partial charge < -0.3 is 24.3 Å². The molecule has 0 spiro atoms. The topological polar surface area (TPSA) is 99.3 Å². The molecular formula is C25H36F3N7O3Si. The third-order valence-electron chi connectivity index (χ3n) is 6.61. The molecule has 0 radical (unpaired) electrons. The Hall–Kier alpha value is -2.97. The van der Waals surface area contributed by atoms with Crippen LogP contribution in [0.15, 0.2) is 18.6 Å². The first-order valence-corrected chi connectivity index (χ1v) is 16.7. The first kappa shape index (κ1) is 29.0. The van der Waals surface area contributed by atoms with Crippen molar-refractivity contribution in [1.82, 2.24) is 29.6 Å². The van der Waals surface area contributed by atoms with Crippen molar-refractivity contribution in [1.29, 1.82) is 0 Å². The summed E-state index contributed by atoms with van der Waals surface area (Å²) < 4.78 is 52.6. The van der Waals surface area contributed by atoms with Gasteiger partial charge in [-0.25, -0.2) is 9.97 Å². The molecule has 14 heteroatoms. The number of halogens is 3. The van der Waals surface area contributed by atoms with Crippen LogP contribution >= 0.6 is 0 Å². The Bertz CT molecular complexity index is 1290. The molecule has 3 aromatic rings. The number of methoxy groups -OCH3 is 1. The lowest BCUT2D eigenvalue weighted by atomic mass is 10.0. The Labute approximate surface area is 226 Å². The molecule has 0 unspecified atom stereocenters. The molecule has 214 valence electrons. The molecule has 1 amide bonds. The van der Waals surface area contributed by atoms with Gasteiger partial charge in [0.05, 0.1) is 25.0 Å². The van der Waals surface area contributed by atoms with Crippen molar-refractivity contribution in [3.8, 4) is 0 Å². The van der Waals surface area contributed by atoms with Crippen LogP contribution in [0.5, 0.6) is 0 Å². The Morgan fingerprint density at radius 2 is 2.00 bits per heavy atom. The molecule has 4 rings (SSSR count). The molecule has 3 aromatic heterocycles. The number of carbonyl (C=O) groups is 1. The maximum absolute atomic E-state index is 12.9. The predicted molar refractivity (Wildman–Crippen MR) is 143 cm³/mol. The number of carbonyl (C=O) groups excluding carboxylic acids is 1. The number of nitrogens with one attached hydrogen (secondary N) is 1. The number of hydrogen-bond donors (Lipinski definition) is 1. The fraction of sp³-hybridized carbons (Fsp3) is 0.600. The molecule has 0 saturated carbocycles. The van der Waals surface area contributed by atoms with Crippen molar-refractivity contribution in [2.24, 2.45) is 0 Å². The zero-order valence-corrected chi connectivity index (χ0v) is 23.8. The number of amides is 1. The molecule has 0 fully saturated rings. The van der Waals surface area contributed by atoms with E-state index in [2.05, 4.69) is 44.9 Å². The molecule has 10 nitrogen and oxygen atoms in total. The molecule has 0 aliphatic carbocycles. The predicted octanol–water partition coefficient (Wildman–Crippen LogP) is 3.83. The Kier molecular flexibility index (Phi) is 8.96. The average Bonchev–Trinajstić information content (AvgIpc) is 3.45. The fourth-order valence-corrected chi connectivity index (χ4v) is 5.26. The van der Waals surface area contributed by atoms with Gasteiger partial charge in [-0.05, 0) is 12.1 Å². The van der Waals surface area contributed by atoms with E-state index in [1.54, 1.807) is 11.8 Å². The van der Waals surface area contributed by atoms with Gasteiger partial charge in [-0.1, -0.05) is 19.6 Å². The summed E-state index contributed by atoms with van der Waals surface area (Å²) in [5.74, 6) is 0.0996. The maximum atomic E-state index is 12.9. The molecule has 1 aliphatic heterocycles. The van der Waals surface area contributed by atoms with Crippen LogP contribution in [0.4, 0.5) is 19.0 Å². The zero-order chi connectivity index (χ0) is 28.2. The van der Waals surface area contributed by atoms with Crippen molar-refractivity contribution in [2.75, 3.05) is 38.3 Å². The number of anilines is 1. The van der Waals surface area contributed by atoms with Gasteiger partial charge in [0, 0.05) is 65.3 Å². The third kappa shape index (κ3) is 7.36.